The van der Waals surface area contributed by atoms with Crippen LogP contribution < -0.4 is 36.6 Å². The quantitative estimate of drug-likeness (QED) is 0.0460. The van der Waals surface area contributed by atoms with Gasteiger partial charge in [-0.05, 0) is 36.8 Å². The van der Waals surface area contributed by atoms with Crippen molar-refractivity contribution in [3.63, 3.8) is 0 Å². The van der Waals surface area contributed by atoms with Crippen LogP contribution in [0.25, 0.3) is 11.4 Å². The molecule has 1 fully saturated rings. The largest absolute Gasteiger partial charge is 0.494 e. The van der Waals surface area contributed by atoms with Gasteiger partial charge in [0.25, 0.3) is 17.7 Å². The van der Waals surface area contributed by atoms with Crippen molar-refractivity contribution in [2.75, 3.05) is 82.8 Å². The third-order valence-corrected chi connectivity index (χ3v) is 9.51. The first-order chi connectivity index (χ1) is 30.5. The lowest BCUT2D eigenvalue weighted by Gasteiger charge is -2.27. The highest BCUT2D eigenvalue weighted by Gasteiger charge is 2.44. The molecular weight excluding hydrogens is 825 g/mol. The summed E-state index contributed by atoms with van der Waals surface area (Å²) in [6.45, 7) is 1.56. The molecule has 63 heavy (non-hydrogen) atoms. The van der Waals surface area contributed by atoms with Gasteiger partial charge in [0.1, 0.15) is 12.4 Å². The number of amides is 7. The lowest BCUT2D eigenvalue weighted by atomic mass is 10.0. The van der Waals surface area contributed by atoms with E-state index in [1.807, 2.05) is 0 Å². The van der Waals surface area contributed by atoms with Gasteiger partial charge < -0.3 is 45.5 Å². The monoisotopic (exact) mass is 870 g/mol. The number of piperidine rings is 1. The summed E-state index contributed by atoms with van der Waals surface area (Å²) in [5, 5.41) is 28.3. The summed E-state index contributed by atoms with van der Waals surface area (Å²) >= 11 is 0. The molecule has 1 atom stereocenters. The number of carbonyl (C=O) groups excluding carboxylic acids is 7. The highest BCUT2D eigenvalue weighted by atomic mass is 16.5. The maximum atomic E-state index is 13.0. The zero-order valence-corrected chi connectivity index (χ0v) is 34.6. The zero-order valence-electron chi connectivity index (χ0n) is 34.6. The minimum absolute atomic E-state index is 0.000207. The number of ether oxygens (including phenoxy) is 4. The fourth-order valence-electron chi connectivity index (χ4n) is 6.48. The molecule has 4 aromatic rings. The van der Waals surface area contributed by atoms with Gasteiger partial charge in [-0.25, -0.2) is 4.98 Å². The molecule has 1 unspecified atom stereocenters. The average molecular weight is 871 g/mol. The number of aromatic nitrogens is 5. The maximum Gasteiger partial charge on any atom is 0.273 e. The van der Waals surface area contributed by atoms with E-state index in [9.17, 15) is 33.6 Å². The molecule has 0 bridgehead atoms. The molecule has 4 heterocycles. The first-order valence-electron chi connectivity index (χ1n) is 19.8. The van der Waals surface area contributed by atoms with Gasteiger partial charge in [-0.3, -0.25) is 48.5 Å². The molecule has 2 aliphatic rings. The Morgan fingerprint density at radius 3 is 2.32 bits per heavy atom. The summed E-state index contributed by atoms with van der Waals surface area (Å²) in [5.74, 6) is -2.93. The topological polar surface area (TPSA) is 288 Å². The normalized spacial score (nSPS) is 14.5. The molecule has 23 nitrogen and oxygen atoms in total. The molecule has 0 radical (unpaired) electrons. The van der Waals surface area contributed by atoms with Gasteiger partial charge >= 0.3 is 0 Å². The van der Waals surface area contributed by atoms with Crippen molar-refractivity contribution < 1.29 is 52.5 Å². The summed E-state index contributed by atoms with van der Waals surface area (Å²) in [6.07, 6.45) is 1.68. The molecule has 6 rings (SSSR count). The van der Waals surface area contributed by atoms with Crippen molar-refractivity contribution in [2.24, 2.45) is 7.05 Å². The minimum Gasteiger partial charge on any atom is -0.494 e. The number of aryl methyl sites for hydroxylation is 1. The summed E-state index contributed by atoms with van der Waals surface area (Å²) in [6, 6.07) is 10.4. The minimum atomic E-state index is -1.03. The Morgan fingerprint density at radius 1 is 0.857 bits per heavy atom. The first kappa shape index (κ1) is 45.2. The molecular formula is C40H46N12O11. The van der Waals surface area contributed by atoms with Crippen LogP contribution in [0.15, 0.2) is 48.8 Å². The number of carbonyl (C=O) groups is 7. The molecule has 2 aromatic carbocycles. The van der Waals surface area contributed by atoms with Gasteiger partial charge in [-0.15, -0.1) is 10.2 Å². The summed E-state index contributed by atoms with van der Waals surface area (Å²) in [7, 11) is 4.67. The van der Waals surface area contributed by atoms with Crippen LogP contribution in [0, 0.1) is 0 Å². The van der Waals surface area contributed by atoms with Gasteiger partial charge in [-0.2, -0.15) is 5.10 Å². The van der Waals surface area contributed by atoms with E-state index < -0.39 is 47.4 Å². The Morgan fingerprint density at radius 2 is 1.60 bits per heavy atom. The number of nitrogens with one attached hydrogen (secondary N) is 6. The molecule has 7 amide bonds. The molecule has 1 saturated heterocycles. The van der Waals surface area contributed by atoms with Crippen LogP contribution in [0.1, 0.15) is 50.5 Å². The second-order valence-electron chi connectivity index (χ2n) is 13.9. The van der Waals surface area contributed by atoms with E-state index in [0.717, 1.165) is 4.90 Å². The first-order valence-corrected chi connectivity index (χ1v) is 19.8. The fraction of sp³-hybridized carbons (Fsp3) is 0.375. The predicted molar refractivity (Wildman–Crippen MR) is 222 cm³/mol. The number of imide groups is 2. The highest BCUT2D eigenvalue weighted by molar-refractivity contribution is 6.23. The summed E-state index contributed by atoms with van der Waals surface area (Å²) in [5.41, 5.74) is 2.20. The van der Waals surface area contributed by atoms with E-state index in [1.54, 1.807) is 48.4 Å². The molecule has 0 spiro atoms. The van der Waals surface area contributed by atoms with Gasteiger partial charge in [0, 0.05) is 45.2 Å². The number of fused-ring (bicyclic) bond motifs is 1. The SMILES string of the molecule is CNC(=O)c1nnc(NC(=O)CNC(=O)CCOCCOCCOCCNc2ccc3c(c2)C(=O)N(C2CCC(=O)NC2=O)C3=O)cc1Nc1cccc(-c2ncn(C)n2)c1OC. The Labute approximate surface area is 359 Å². The van der Waals surface area contributed by atoms with Crippen LogP contribution in [0.3, 0.4) is 0 Å². The molecule has 0 aliphatic carbocycles. The van der Waals surface area contributed by atoms with Gasteiger partial charge in [-0.1, -0.05) is 6.07 Å². The second-order valence-corrected chi connectivity index (χ2v) is 13.9. The van der Waals surface area contributed by atoms with E-state index in [1.165, 1.54) is 26.3 Å². The summed E-state index contributed by atoms with van der Waals surface area (Å²) in [4.78, 5) is 92.5. The van der Waals surface area contributed by atoms with E-state index in [-0.39, 0.29) is 74.0 Å². The number of nitrogens with zero attached hydrogens (tertiary/aromatic N) is 6. The lowest BCUT2D eigenvalue weighted by Crippen LogP contribution is -2.54. The third-order valence-electron chi connectivity index (χ3n) is 9.51. The van der Waals surface area contributed by atoms with Crippen molar-refractivity contribution >= 4 is 64.2 Å². The molecule has 0 saturated carbocycles. The Kier molecular flexibility index (Phi) is 15.4. The third kappa shape index (κ3) is 11.5. The lowest BCUT2D eigenvalue weighted by molar-refractivity contribution is -0.136. The number of hydrogen-bond donors (Lipinski definition) is 6. The van der Waals surface area contributed by atoms with Gasteiger partial charge in [0.2, 0.25) is 23.6 Å². The number of para-hydroxylation sites is 1. The van der Waals surface area contributed by atoms with Crippen LogP contribution in [-0.2, 0) is 40.4 Å². The van der Waals surface area contributed by atoms with E-state index in [2.05, 4.69) is 52.2 Å². The van der Waals surface area contributed by atoms with Crippen molar-refractivity contribution in [1.82, 2.24) is 45.8 Å². The van der Waals surface area contributed by atoms with Crippen LogP contribution in [-0.4, -0.2) is 144 Å². The van der Waals surface area contributed by atoms with Crippen molar-refractivity contribution in [1.29, 1.82) is 0 Å². The van der Waals surface area contributed by atoms with Crippen LogP contribution in [0.2, 0.25) is 0 Å². The van der Waals surface area contributed by atoms with Crippen molar-refractivity contribution in [3.8, 4) is 17.1 Å². The number of anilines is 4. The highest BCUT2D eigenvalue weighted by Crippen LogP contribution is 2.37. The smallest absolute Gasteiger partial charge is 0.273 e. The molecule has 2 aliphatic heterocycles. The second kappa shape index (κ2) is 21.4. The van der Waals surface area contributed by atoms with Crippen LogP contribution in [0.4, 0.5) is 22.9 Å². The van der Waals surface area contributed by atoms with E-state index in [4.69, 9.17) is 18.9 Å². The molecule has 23 heteroatoms. The Hall–Kier alpha value is -7.37. The Bertz CT molecular complexity index is 2370. The summed E-state index contributed by atoms with van der Waals surface area (Å²) < 4.78 is 23.7. The predicted octanol–water partition coefficient (Wildman–Crippen LogP) is 0.392. The molecule has 2 aromatic heterocycles. The van der Waals surface area contributed by atoms with Crippen LogP contribution >= 0.6 is 0 Å². The van der Waals surface area contributed by atoms with Crippen molar-refractivity contribution in [3.05, 3.63) is 65.6 Å². The van der Waals surface area contributed by atoms with Gasteiger partial charge in [0.05, 0.1) is 81.4 Å². The van der Waals surface area contributed by atoms with Crippen molar-refractivity contribution in [2.45, 2.75) is 25.3 Å². The number of methoxy groups -OCH3 is 1. The molecule has 6 N–H and O–H groups in total. The van der Waals surface area contributed by atoms with Gasteiger partial charge in [0.15, 0.2) is 23.1 Å². The number of hydrogen-bond acceptors (Lipinski definition) is 17. The standard InChI is InChI=1S/C40H46N12O11/c1-41-38(57)34-28(45-27-6-4-5-25(35(27)60-3)36-44-22-51(2)50-36)20-30(48-49-34)46-33(55)21-43-31(53)11-13-61-15-17-63-18-16-62-14-12-42-23-7-8-24-26(19-23)40(59)52(39(24)58)29-9-10-32(54)47-37(29)56/h4-8,19-20,22,29,42H,9-18,21H2,1-3H3,(H,41,57)(H,43,53)(H,47,54,56)(H2,45,46,48,55). The zero-order chi connectivity index (χ0) is 44.9. The van der Waals surface area contributed by atoms with E-state index >= 15 is 0 Å². The van der Waals surface area contributed by atoms with Crippen LogP contribution in [0.5, 0.6) is 5.75 Å². The number of benzene rings is 2. The van der Waals surface area contributed by atoms with E-state index in [0.29, 0.717) is 54.9 Å². The fourth-order valence-corrected chi connectivity index (χ4v) is 6.48. The Balaban J connectivity index is 0.832. The average Bonchev–Trinajstić information content (AvgIpc) is 3.81. The molecule has 332 valence electrons. The maximum absolute atomic E-state index is 13.0. The number of rotatable bonds is 22.